The molecular weight excluding hydrogens is 238 g/mol. The molecule has 0 aliphatic carbocycles. The maximum absolute atomic E-state index is 12.3. The number of hydrogen-bond acceptors (Lipinski definition) is 3. The second-order valence-electron chi connectivity index (χ2n) is 5.75. The standard InChI is InChI=1S/C15H23N3O/c1-11-9-13(6-5-12(11)10-16)18-8-7-17(4)14(19)15(18,2)3/h5-6,9H,7-8,10,16H2,1-4H3. The van der Waals surface area contributed by atoms with Crippen LogP contribution in [0.2, 0.25) is 0 Å². The number of rotatable bonds is 2. The van der Waals surface area contributed by atoms with Crippen molar-refractivity contribution < 1.29 is 4.79 Å². The van der Waals surface area contributed by atoms with Gasteiger partial charge in [0, 0.05) is 32.4 Å². The van der Waals surface area contributed by atoms with Gasteiger partial charge < -0.3 is 15.5 Å². The molecule has 1 aromatic carbocycles. The van der Waals surface area contributed by atoms with Gasteiger partial charge in [0.05, 0.1) is 0 Å². The molecule has 0 bridgehead atoms. The van der Waals surface area contributed by atoms with Crippen LogP contribution in [0, 0.1) is 6.92 Å². The molecule has 4 nitrogen and oxygen atoms in total. The first-order valence-corrected chi connectivity index (χ1v) is 6.70. The first-order chi connectivity index (χ1) is 8.87. The van der Waals surface area contributed by atoms with Crippen molar-refractivity contribution in [3.05, 3.63) is 29.3 Å². The highest BCUT2D eigenvalue weighted by Gasteiger charge is 2.40. The number of nitrogens with zero attached hydrogens (tertiary/aromatic N) is 2. The Bertz CT molecular complexity index is 496. The molecule has 104 valence electrons. The molecule has 4 heteroatoms. The largest absolute Gasteiger partial charge is 0.356 e. The molecule has 2 N–H and O–H groups in total. The highest BCUT2D eigenvalue weighted by Crippen LogP contribution is 2.29. The summed E-state index contributed by atoms with van der Waals surface area (Å²) < 4.78 is 0. The number of aryl methyl sites for hydroxylation is 1. The highest BCUT2D eigenvalue weighted by molar-refractivity contribution is 5.90. The van der Waals surface area contributed by atoms with Crippen LogP contribution in [0.15, 0.2) is 18.2 Å². The van der Waals surface area contributed by atoms with Crippen molar-refractivity contribution in [1.82, 2.24) is 4.90 Å². The van der Waals surface area contributed by atoms with Crippen molar-refractivity contribution in [3.63, 3.8) is 0 Å². The molecule has 0 atom stereocenters. The Labute approximate surface area is 115 Å². The normalized spacial score (nSPS) is 18.9. The molecule has 0 radical (unpaired) electrons. The number of benzene rings is 1. The Morgan fingerprint density at radius 2 is 2.00 bits per heavy atom. The highest BCUT2D eigenvalue weighted by atomic mass is 16.2. The minimum atomic E-state index is -0.496. The average molecular weight is 261 g/mol. The number of nitrogens with two attached hydrogens (primary N) is 1. The maximum atomic E-state index is 12.3. The third kappa shape index (κ3) is 2.32. The van der Waals surface area contributed by atoms with Gasteiger partial charge >= 0.3 is 0 Å². The van der Waals surface area contributed by atoms with Gasteiger partial charge in [-0.05, 0) is 44.0 Å². The van der Waals surface area contributed by atoms with E-state index in [1.54, 1.807) is 4.90 Å². The zero-order valence-electron chi connectivity index (χ0n) is 12.2. The zero-order valence-corrected chi connectivity index (χ0v) is 12.2. The molecule has 1 heterocycles. The van der Waals surface area contributed by atoms with E-state index in [0.29, 0.717) is 6.54 Å². The second kappa shape index (κ2) is 4.85. The summed E-state index contributed by atoms with van der Waals surface area (Å²) in [7, 11) is 1.87. The molecular formula is C15H23N3O. The molecule has 1 aliphatic heterocycles. The zero-order chi connectivity index (χ0) is 14.2. The van der Waals surface area contributed by atoms with Crippen LogP contribution < -0.4 is 10.6 Å². The van der Waals surface area contributed by atoms with E-state index >= 15 is 0 Å². The fraction of sp³-hybridized carbons (Fsp3) is 0.533. The van der Waals surface area contributed by atoms with E-state index < -0.39 is 5.54 Å². The lowest BCUT2D eigenvalue weighted by atomic mass is 9.96. The fourth-order valence-corrected chi connectivity index (χ4v) is 2.74. The molecule has 2 rings (SSSR count). The average Bonchev–Trinajstić information content (AvgIpc) is 2.36. The molecule has 0 unspecified atom stereocenters. The van der Waals surface area contributed by atoms with Gasteiger partial charge in [-0.25, -0.2) is 0 Å². The van der Waals surface area contributed by atoms with Crippen molar-refractivity contribution >= 4 is 11.6 Å². The summed E-state index contributed by atoms with van der Waals surface area (Å²) in [6, 6.07) is 6.25. The molecule has 0 spiro atoms. The Hall–Kier alpha value is -1.55. The van der Waals surface area contributed by atoms with Gasteiger partial charge in [0.25, 0.3) is 0 Å². The van der Waals surface area contributed by atoms with Crippen molar-refractivity contribution in [1.29, 1.82) is 0 Å². The molecule has 1 aliphatic rings. The van der Waals surface area contributed by atoms with Crippen LogP contribution in [-0.2, 0) is 11.3 Å². The van der Waals surface area contributed by atoms with Crippen molar-refractivity contribution in [3.8, 4) is 0 Å². The lowest BCUT2D eigenvalue weighted by molar-refractivity contribution is -0.136. The number of piperazine rings is 1. The molecule has 1 aromatic rings. The number of likely N-dealkylation sites (N-methyl/N-ethyl adjacent to an activating group) is 1. The summed E-state index contributed by atoms with van der Waals surface area (Å²) in [5.41, 5.74) is 8.64. The predicted molar refractivity (Wildman–Crippen MR) is 78.1 cm³/mol. The molecule has 1 fully saturated rings. The van der Waals surface area contributed by atoms with E-state index in [4.69, 9.17) is 5.73 Å². The first-order valence-electron chi connectivity index (χ1n) is 6.70. The lowest BCUT2D eigenvalue weighted by Gasteiger charge is -2.46. The number of carbonyl (C=O) groups is 1. The summed E-state index contributed by atoms with van der Waals surface area (Å²) in [6.45, 7) is 8.21. The van der Waals surface area contributed by atoms with Gasteiger partial charge in [-0.1, -0.05) is 6.07 Å². The van der Waals surface area contributed by atoms with Crippen LogP contribution in [0.4, 0.5) is 5.69 Å². The maximum Gasteiger partial charge on any atom is 0.247 e. The van der Waals surface area contributed by atoms with Gasteiger partial charge in [0.15, 0.2) is 0 Å². The van der Waals surface area contributed by atoms with Gasteiger partial charge in [0.1, 0.15) is 5.54 Å². The Kier molecular flexibility index (Phi) is 3.54. The monoisotopic (exact) mass is 261 g/mol. The summed E-state index contributed by atoms with van der Waals surface area (Å²) in [5.74, 6) is 0.166. The summed E-state index contributed by atoms with van der Waals surface area (Å²) in [6.07, 6.45) is 0. The van der Waals surface area contributed by atoms with Crippen molar-refractivity contribution in [2.75, 3.05) is 25.0 Å². The molecule has 0 saturated carbocycles. The topological polar surface area (TPSA) is 49.6 Å². The van der Waals surface area contributed by atoms with Crippen LogP contribution >= 0.6 is 0 Å². The molecule has 19 heavy (non-hydrogen) atoms. The smallest absolute Gasteiger partial charge is 0.247 e. The van der Waals surface area contributed by atoms with E-state index in [-0.39, 0.29) is 5.91 Å². The number of amides is 1. The Morgan fingerprint density at radius 1 is 1.32 bits per heavy atom. The SMILES string of the molecule is Cc1cc(N2CCN(C)C(=O)C2(C)C)ccc1CN. The minimum absolute atomic E-state index is 0.166. The second-order valence-corrected chi connectivity index (χ2v) is 5.75. The third-order valence-electron chi connectivity index (χ3n) is 4.06. The molecule has 0 aromatic heterocycles. The Morgan fingerprint density at radius 3 is 2.58 bits per heavy atom. The molecule has 1 saturated heterocycles. The first kappa shape index (κ1) is 13.9. The summed E-state index contributed by atoms with van der Waals surface area (Å²) in [5, 5.41) is 0. The van der Waals surface area contributed by atoms with Gasteiger partial charge in [-0.15, -0.1) is 0 Å². The van der Waals surface area contributed by atoms with E-state index in [9.17, 15) is 4.79 Å². The van der Waals surface area contributed by atoms with Gasteiger partial charge in [0.2, 0.25) is 5.91 Å². The van der Waals surface area contributed by atoms with Crippen molar-refractivity contribution in [2.24, 2.45) is 5.73 Å². The lowest BCUT2D eigenvalue weighted by Crippen LogP contribution is -2.62. The number of carbonyl (C=O) groups excluding carboxylic acids is 1. The van der Waals surface area contributed by atoms with Gasteiger partial charge in [-0.2, -0.15) is 0 Å². The van der Waals surface area contributed by atoms with Crippen molar-refractivity contribution in [2.45, 2.75) is 32.9 Å². The van der Waals surface area contributed by atoms with E-state index in [1.807, 2.05) is 20.9 Å². The third-order valence-corrected chi connectivity index (χ3v) is 4.06. The summed E-state index contributed by atoms with van der Waals surface area (Å²) in [4.78, 5) is 16.3. The Balaban J connectivity index is 2.36. The fourth-order valence-electron chi connectivity index (χ4n) is 2.74. The number of hydrogen-bond donors (Lipinski definition) is 1. The van der Waals surface area contributed by atoms with Crippen LogP contribution in [-0.4, -0.2) is 36.5 Å². The van der Waals surface area contributed by atoms with Crippen LogP contribution in [0.5, 0.6) is 0 Å². The quantitative estimate of drug-likeness (QED) is 0.878. The molecule has 1 amide bonds. The summed E-state index contributed by atoms with van der Waals surface area (Å²) >= 11 is 0. The minimum Gasteiger partial charge on any atom is -0.356 e. The number of anilines is 1. The predicted octanol–water partition coefficient (Wildman–Crippen LogP) is 1.51. The van der Waals surface area contributed by atoms with Crippen LogP contribution in [0.1, 0.15) is 25.0 Å². The van der Waals surface area contributed by atoms with Gasteiger partial charge in [-0.3, -0.25) is 4.79 Å². The van der Waals surface area contributed by atoms with Crippen LogP contribution in [0.3, 0.4) is 0 Å². The van der Waals surface area contributed by atoms with E-state index in [0.717, 1.165) is 24.3 Å². The van der Waals surface area contributed by atoms with Crippen LogP contribution in [0.25, 0.3) is 0 Å². The van der Waals surface area contributed by atoms with E-state index in [2.05, 4.69) is 30.0 Å². The van der Waals surface area contributed by atoms with E-state index in [1.165, 1.54) is 5.56 Å².